The van der Waals surface area contributed by atoms with Gasteiger partial charge in [-0.15, -0.1) is 11.6 Å². The number of carbonyl (C=O) groups excluding carboxylic acids is 1. The molecule has 1 atom stereocenters. The first-order chi connectivity index (χ1) is 7.63. The predicted octanol–water partition coefficient (Wildman–Crippen LogP) is 2.05. The predicted molar refractivity (Wildman–Crippen MR) is 65.7 cm³/mol. The molecular weight excluding hydrogens is 226 g/mol. The summed E-state index contributed by atoms with van der Waals surface area (Å²) in [5.41, 5.74) is 5.99. The van der Waals surface area contributed by atoms with Crippen LogP contribution < -0.4 is 11.1 Å². The van der Waals surface area contributed by atoms with Crippen LogP contribution in [0.4, 0.5) is 4.79 Å². The molecule has 1 aromatic carbocycles. The molecule has 0 spiro atoms. The molecular formula is C11H14ClN3O. The van der Waals surface area contributed by atoms with Crippen LogP contribution in [0, 0.1) is 0 Å². The minimum atomic E-state index is -0.623. The molecule has 4 nitrogen and oxygen atoms in total. The van der Waals surface area contributed by atoms with Crippen LogP contribution >= 0.6 is 11.6 Å². The summed E-state index contributed by atoms with van der Waals surface area (Å²) in [5, 5.41) is 2.41. The van der Waals surface area contributed by atoms with Crippen LogP contribution in [0.15, 0.2) is 35.3 Å². The Morgan fingerprint density at radius 1 is 1.50 bits per heavy atom. The van der Waals surface area contributed by atoms with Gasteiger partial charge in [0.25, 0.3) is 0 Å². The number of benzene rings is 1. The Morgan fingerprint density at radius 3 is 2.62 bits per heavy atom. The van der Waals surface area contributed by atoms with Gasteiger partial charge in [0, 0.05) is 5.88 Å². The molecule has 0 saturated heterocycles. The number of carbonyl (C=O) groups is 1. The van der Waals surface area contributed by atoms with Crippen LogP contribution in [0.25, 0.3) is 0 Å². The van der Waals surface area contributed by atoms with Crippen LogP contribution in [0.1, 0.15) is 18.5 Å². The number of urea groups is 1. The fourth-order valence-corrected chi connectivity index (χ4v) is 1.56. The summed E-state index contributed by atoms with van der Waals surface area (Å²) >= 11 is 5.83. The summed E-state index contributed by atoms with van der Waals surface area (Å²) in [6.45, 7) is 1.67. The topological polar surface area (TPSA) is 67.5 Å². The molecule has 0 aliphatic rings. The number of nitrogens with zero attached hydrogens (tertiary/aromatic N) is 1. The van der Waals surface area contributed by atoms with E-state index in [1.165, 1.54) is 0 Å². The zero-order valence-electron chi connectivity index (χ0n) is 8.98. The van der Waals surface area contributed by atoms with E-state index in [4.69, 9.17) is 17.3 Å². The van der Waals surface area contributed by atoms with Crippen molar-refractivity contribution in [2.45, 2.75) is 13.0 Å². The number of nitrogens with two attached hydrogens (primary N) is 1. The minimum absolute atomic E-state index is 0.172. The summed E-state index contributed by atoms with van der Waals surface area (Å²) in [4.78, 5) is 14.9. The Labute approximate surface area is 99.5 Å². The first-order valence-electron chi connectivity index (χ1n) is 4.85. The summed E-state index contributed by atoms with van der Waals surface area (Å²) in [7, 11) is 0. The molecule has 2 amide bonds. The highest BCUT2D eigenvalue weighted by Crippen LogP contribution is 2.18. The molecule has 86 valence electrons. The molecule has 1 aromatic rings. The lowest BCUT2D eigenvalue weighted by molar-refractivity contribution is 0.253. The van der Waals surface area contributed by atoms with E-state index in [0.29, 0.717) is 11.7 Å². The Morgan fingerprint density at radius 2 is 2.12 bits per heavy atom. The van der Waals surface area contributed by atoms with Gasteiger partial charge in [-0.1, -0.05) is 30.3 Å². The van der Waals surface area contributed by atoms with E-state index in [2.05, 4.69) is 10.3 Å². The first kappa shape index (κ1) is 12.5. The van der Waals surface area contributed by atoms with Crippen molar-refractivity contribution in [3.05, 3.63) is 35.9 Å². The van der Waals surface area contributed by atoms with Crippen molar-refractivity contribution in [1.29, 1.82) is 0 Å². The number of primary amides is 1. The van der Waals surface area contributed by atoms with E-state index in [1.54, 1.807) is 6.92 Å². The fourth-order valence-electron chi connectivity index (χ4n) is 1.32. The molecule has 3 N–H and O–H groups in total. The van der Waals surface area contributed by atoms with Crippen molar-refractivity contribution in [2.75, 3.05) is 5.88 Å². The molecule has 16 heavy (non-hydrogen) atoms. The summed E-state index contributed by atoms with van der Waals surface area (Å²) in [6.07, 6.45) is 0. The number of amidine groups is 1. The van der Waals surface area contributed by atoms with Gasteiger partial charge >= 0.3 is 6.03 Å². The van der Waals surface area contributed by atoms with Crippen molar-refractivity contribution in [1.82, 2.24) is 5.32 Å². The zero-order valence-corrected chi connectivity index (χ0v) is 9.74. The molecule has 5 heteroatoms. The Kier molecular flexibility index (Phi) is 4.79. The van der Waals surface area contributed by atoms with Gasteiger partial charge in [-0.05, 0) is 12.5 Å². The number of aliphatic imine (C=N–C) groups is 1. The largest absolute Gasteiger partial charge is 0.351 e. The lowest BCUT2D eigenvalue weighted by Crippen LogP contribution is -2.33. The summed E-state index contributed by atoms with van der Waals surface area (Å²) < 4.78 is 0. The maximum atomic E-state index is 10.6. The molecule has 0 aromatic heterocycles. The second-order valence-corrected chi connectivity index (χ2v) is 3.59. The van der Waals surface area contributed by atoms with Gasteiger partial charge < -0.3 is 5.73 Å². The number of rotatable bonds is 3. The SMILES string of the molecule is CC(=NC(CCl)c1ccccc1)NC(N)=O. The number of hydrogen-bond donors (Lipinski definition) is 2. The number of hydrogen-bond acceptors (Lipinski definition) is 2. The zero-order chi connectivity index (χ0) is 12.0. The molecule has 0 radical (unpaired) electrons. The van der Waals surface area contributed by atoms with Gasteiger partial charge in [0.1, 0.15) is 5.84 Å². The smallest absolute Gasteiger partial charge is 0.317 e. The van der Waals surface area contributed by atoms with Gasteiger partial charge in [0.2, 0.25) is 0 Å². The highest BCUT2D eigenvalue weighted by Gasteiger charge is 2.08. The monoisotopic (exact) mass is 239 g/mol. The lowest BCUT2D eigenvalue weighted by Gasteiger charge is -2.11. The third kappa shape index (κ3) is 3.90. The first-order valence-corrected chi connectivity index (χ1v) is 5.38. The van der Waals surface area contributed by atoms with Crippen molar-refractivity contribution in [3.63, 3.8) is 0 Å². The average molecular weight is 240 g/mol. The van der Waals surface area contributed by atoms with Gasteiger partial charge in [-0.3, -0.25) is 10.3 Å². The van der Waals surface area contributed by atoms with Crippen molar-refractivity contribution in [2.24, 2.45) is 10.7 Å². The number of alkyl halides is 1. The summed E-state index contributed by atoms with van der Waals surface area (Å²) in [6, 6.07) is 8.84. The normalized spacial score (nSPS) is 13.2. The maximum Gasteiger partial charge on any atom is 0.317 e. The summed E-state index contributed by atoms with van der Waals surface area (Å²) in [5.74, 6) is 0.809. The van der Waals surface area contributed by atoms with E-state index in [1.807, 2.05) is 30.3 Å². The Balaban J connectivity index is 2.80. The molecule has 0 aliphatic heterocycles. The van der Waals surface area contributed by atoms with E-state index in [0.717, 1.165) is 5.56 Å². The van der Waals surface area contributed by atoms with Gasteiger partial charge in [0.05, 0.1) is 6.04 Å². The van der Waals surface area contributed by atoms with Crippen molar-refractivity contribution < 1.29 is 4.79 Å². The van der Waals surface area contributed by atoms with Crippen molar-refractivity contribution in [3.8, 4) is 0 Å². The van der Waals surface area contributed by atoms with Crippen LogP contribution in [-0.2, 0) is 0 Å². The minimum Gasteiger partial charge on any atom is -0.351 e. The lowest BCUT2D eigenvalue weighted by atomic mass is 10.1. The Bertz CT molecular complexity index is 378. The second kappa shape index (κ2) is 6.12. The number of nitrogens with one attached hydrogen (secondary N) is 1. The highest BCUT2D eigenvalue weighted by molar-refractivity contribution is 6.18. The van der Waals surface area contributed by atoms with Gasteiger partial charge in [-0.2, -0.15) is 0 Å². The molecule has 0 bridgehead atoms. The maximum absolute atomic E-state index is 10.6. The molecule has 0 aliphatic carbocycles. The fraction of sp³-hybridized carbons (Fsp3) is 0.273. The van der Waals surface area contributed by atoms with Gasteiger partial charge in [0.15, 0.2) is 0 Å². The van der Waals surface area contributed by atoms with Crippen LogP contribution in [0.5, 0.6) is 0 Å². The molecule has 0 fully saturated rings. The van der Waals surface area contributed by atoms with E-state index in [-0.39, 0.29) is 6.04 Å². The van der Waals surface area contributed by atoms with Gasteiger partial charge in [-0.25, -0.2) is 4.79 Å². The molecule has 1 rings (SSSR count). The van der Waals surface area contributed by atoms with Crippen LogP contribution in [0.2, 0.25) is 0 Å². The van der Waals surface area contributed by atoms with E-state index >= 15 is 0 Å². The van der Waals surface area contributed by atoms with E-state index in [9.17, 15) is 4.79 Å². The van der Waals surface area contributed by atoms with Crippen LogP contribution in [-0.4, -0.2) is 17.7 Å². The van der Waals surface area contributed by atoms with Crippen molar-refractivity contribution >= 4 is 23.5 Å². The highest BCUT2D eigenvalue weighted by atomic mass is 35.5. The van der Waals surface area contributed by atoms with Crippen LogP contribution in [0.3, 0.4) is 0 Å². The third-order valence-electron chi connectivity index (χ3n) is 1.98. The standard InChI is InChI=1S/C11H14ClN3O/c1-8(15-11(13)16)14-10(7-12)9-5-3-2-4-6-9/h2-6,10H,7H2,1H3,(H3,13,14,15,16). The number of amides is 2. The third-order valence-corrected chi connectivity index (χ3v) is 2.28. The molecule has 0 saturated carbocycles. The molecule has 1 unspecified atom stereocenters. The number of halogens is 1. The second-order valence-electron chi connectivity index (χ2n) is 3.28. The molecule has 0 heterocycles. The van der Waals surface area contributed by atoms with E-state index < -0.39 is 6.03 Å². The Hall–Kier alpha value is -1.55. The average Bonchev–Trinajstić information content (AvgIpc) is 2.26. The quantitative estimate of drug-likeness (QED) is 0.473.